The SMILES string of the molecule is CNC(=O)N1CC2NCCOC2C1. The minimum atomic E-state index is -0.0141. The summed E-state index contributed by atoms with van der Waals surface area (Å²) in [6.07, 6.45) is 0.186. The Hall–Kier alpha value is -0.810. The van der Waals surface area contributed by atoms with E-state index in [9.17, 15) is 4.79 Å². The maximum Gasteiger partial charge on any atom is 0.317 e. The van der Waals surface area contributed by atoms with E-state index in [2.05, 4.69) is 10.6 Å². The fraction of sp³-hybridized carbons (Fsp3) is 0.875. The lowest BCUT2D eigenvalue weighted by Crippen LogP contribution is -2.47. The summed E-state index contributed by atoms with van der Waals surface area (Å²) < 4.78 is 5.54. The zero-order chi connectivity index (χ0) is 9.26. The first-order valence-electron chi connectivity index (χ1n) is 4.63. The van der Waals surface area contributed by atoms with Crippen molar-refractivity contribution in [3.8, 4) is 0 Å². The number of urea groups is 1. The number of carbonyl (C=O) groups is 1. The molecule has 0 spiro atoms. The van der Waals surface area contributed by atoms with Crippen molar-refractivity contribution in [2.24, 2.45) is 0 Å². The lowest BCUT2D eigenvalue weighted by molar-refractivity contribution is 0.0186. The number of likely N-dealkylation sites (tertiary alicyclic amines) is 1. The van der Waals surface area contributed by atoms with Crippen LogP contribution in [0.5, 0.6) is 0 Å². The summed E-state index contributed by atoms with van der Waals surface area (Å²) in [5, 5.41) is 5.96. The van der Waals surface area contributed by atoms with Gasteiger partial charge >= 0.3 is 6.03 Å². The minimum Gasteiger partial charge on any atom is -0.373 e. The molecule has 13 heavy (non-hydrogen) atoms. The molecule has 2 rings (SSSR count). The van der Waals surface area contributed by atoms with Gasteiger partial charge in [0.15, 0.2) is 0 Å². The molecule has 0 aliphatic carbocycles. The lowest BCUT2D eigenvalue weighted by Gasteiger charge is -2.25. The van der Waals surface area contributed by atoms with Crippen molar-refractivity contribution in [1.82, 2.24) is 15.5 Å². The first-order valence-corrected chi connectivity index (χ1v) is 4.63. The molecular formula is C8H15N3O2. The topological polar surface area (TPSA) is 53.6 Å². The quantitative estimate of drug-likeness (QED) is 0.509. The van der Waals surface area contributed by atoms with Crippen molar-refractivity contribution in [2.45, 2.75) is 12.1 Å². The van der Waals surface area contributed by atoms with Crippen LogP contribution in [0, 0.1) is 0 Å². The molecule has 2 fully saturated rings. The monoisotopic (exact) mass is 185 g/mol. The van der Waals surface area contributed by atoms with Gasteiger partial charge in [0.05, 0.1) is 25.3 Å². The number of nitrogens with zero attached hydrogens (tertiary/aromatic N) is 1. The molecule has 2 amide bonds. The Labute approximate surface area is 77.4 Å². The lowest BCUT2D eigenvalue weighted by atomic mass is 10.2. The molecule has 0 aromatic rings. The van der Waals surface area contributed by atoms with Crippen molar-refractivity contribution in [3.05, 3.63) is 0 Å². The summed E-state index contributed by atoms with van der Waals surface area (Å²) >= 11 is 0. The van der Waals surface area contributed by atoms with Crippen LogP contribution in [0.1, 0.15) is 0 Å². The van der Waals surface area contributed by atoms with Crippen LogP contribution < -0.4 is 10.6 Å². The molecule has 2 unspecified atom stereocenters. The van der Waals surface area contributed by atoms with E-state index >= 15 is 0 Å². The Morgan fingerprint density at radius 2 is 2.46 bits per heavy atom. The van der Waals surface area contributed by atoms with Crippen LogP contribution in [0.25, 0.3) is 0 Å². The summed E-state index contributed by atoms with van der Waals surface area (Å²) in [5.41, 5.74) is 0. The number of fused-ring (bicyclic) bond motifs is 1. The fourth-order valence-corrected chi connectivity index (χ4v) is 1.92. The second kappa shape index (κ2) is 3.51. The molecule has 5 heteroatoms. The third-order valence-electron chi connectivity index (χ3n) is 2.61. The van der Waals surface area contributed by atoms with E-state index in [1.807, 2.05) is 0 Å². The van der Waals surface area contributed by atoms with Crippen LogP contribution in [-0.2, 0) is 4.74 Å². The van der Waals surface area contributed by atoms with Crippen LogP contribution >= 0.6 is 0 Å². The van der Waals surface area contributed by atoms with Gasteiger partial charge in [-0.2, -0.15) is 0 Å². The molecule has 5 nitrogen and oxygen atoms in total. The van der Waals surface area contributed by atoms with Crippen molar-refractivity contribution in [1.29, 1.82) is 0 Å². The number of nitrogens with one attached hydrogen (secondary N) is 2. The summed E-state index contributed by atoms with van der Waals surface area (Å²) in [7, 11) is 1.65. The summed E-state index contributed by atoms with van der Waals surface area (Å²) in [4.78, 5) is 13.1. The fourth-order valence-electron chi connectivity index (χ4n) is 1.92. The van der Waals surface area contributed by atoms with Gasteiger partial charge in [0.2, 0.25) is 0 Å². The molecule has 2 aliphatic rings. The smallest absolute Gasteiger partial charge is 0.317 e. The number of rotatable bonds is 0. The molecule has 2 N–H and O–H groups in total. The molecule has 2 aliphatic heterocycles. The summed E-state index contributed by atoms with van der Waals surface area (Å²) in [6.45, 7) is 3.10. The third kappa shape index (κ3) is 1.62. The van der Waals surface area contributed by atoms with Crippen molar-refractivity contribution >= 4 is 6.03 Å². The molecule has 0 aromatic carbocycles. The Morgan fingerprint density at radius 3 is 3.15 bits per heavy atom. The van der Waals surface area contributed by atoms with Crippen molar-refractivity contribution in [2.75, 3.05) is 33.3 Å². The molecular weight excluding hydrogens is 170 g/mol. The van der Waals surface area contributed by atoms with Gasteiger partial charge in [-0.15, -0.1) is 0 Å². The van der Waals surface area contributed by atoms with E-state index in [1.165, 1.54) is 0 Å². The van der Waals surface area contributed by atoms with Crippen LogP contribution in [0.15, 0.2) is 0 Å². The van der Waals surface area contributed by atoms with Gasteiger partial charge in [0.25, 0.3) is 0 Å². The molecule has 74 valence electrons. The normalized spacial score (nSPS) is 32.8. The maximum atomic E-state index is 11.3. The molecule has 2 saturated heterocycles. The largest absolute Gasteiger partial charge is 0.373 e. The second-order valence-electron chi connectivity index (χ2n) is 3.43. The van der Waals surface area contributed by atoms with E-state index in [0.717, 1.165) is 19.7 Å². The molecule has 2 heterocycles. The Morgan fingerprint density at radius 1 is 1.62 bits per heavy atom. The average Bonchev–Trinajstić information content (AvgIpc) is 2.59. The summed E-state index contributed by atoms with van der Waals surface area (Å²) in [5.74, 6) is 0. The molecule has 0 aromatic heterocycles. The van der Waals surface area contributed by atoms with E-state index in [1.54, 1.807) is 11.9 Å². The highest BCUT2D eigenvalue weighted by atomic mass is 16.5. The highest BCUT2D eigenvalue weighted by Gasteiger charge is 2.37. The van der Waals surface area contributed by atoms with E-state index in [0.29, 0.717) is 12.6 Å². The van der Waals surface area contributed by atoms with Gasteiger partial charge in [-0.25, -0.2) is 4.79 Å². The van der Waals surface area contributed by atoms with Crippen LogP contribution in [0.3, 0.4) is 0 Å². The molecule has 0 saturated carbocycles. The van der Waals surface area contributed by atoms with Gasteiger partial charge < -0.3 is 20.3 Å². The summed E-state index contributed by atoms with van der Waals surface area (Å²) in [6, 6.07) is 0.311. The first-order chi connectivity index (χ1) is 6.31. The van der Waals surface area contributed by atoms with Crippen molar-refractivity contribution < 1.29 is 9.53 Å². The minimum absolute atomic E-state index is 0.0141. The van der Waals surface area contributed by atoms with Gasteiger partial charge in [-0.1, -0.05) is 0 Å². The maximum absolute atomic E-state index is 11.3. The number of amides is 2. The van der Waals surface area contributed by atoms with E-state index in [-0.39, 0.29) is 12.1 Å². The van der Waals surface area contributed by atoms with E-state index in [4.69, 9.17) is 4.74 Å². The average molecular weight is 185 g/mol. The molecule has 0 bridgehead atoms. The standard InChI is InChI=1S/C8H15N3O2/c1-9-8(12)11-4-6-7(5-11)13-3-2-10-6/h6-7,10H,2-5H2,1H3,(H,9,12). The predicted molar refractivity (Wildman–Crippen MR) is 47.6 cm³/mol. The van der Waals surface area contributed by atoms with Gasteiger partial charge in [-0.05, 0) is 0 Å². The highest BCUT2D eigenvalue weighted by molar-refractivity contribution is 5.74. The Kier molecular flexibility index (Phi) is 2.37. The third-order valence-corrected chi connectivity index (χ3v) is 2.61. The zero-order valence-electron chi connectivity index (χ0n) is 7.75. The van der Waals surface area contributed by atoms with Gasteiger partial charge in [0, 0.05) is 20.1 Å². The zero-order valence-corrected chi connectivity index (χ0v) is 7.75. The van der Waals surface area contributed by atoms with Gasteiger partial charge in [0.1, 0.15) is 0 Å². The van der Waals surface area contributed by atoms with Crippen LogP contribution in [0.4, 0.5) is 4.79 Å². The molecule has 2 atom stereocenters. The second-order valence-corrected chi connectivity index (χ2v) is 3.43. The number of morpholine rings is 1. The Bertz CT molecular complexity index is 196. The van der Waals surface area contributed by atoms with Crippen molar-refractivity contribution in [3.63, 3.8) is 0 Å². The highest BCUT2D eigenvalue weighted by Crippen LogP contribution is 2.15. The number of hydrogen-bond acceptors (Lipinski definition) is 3. The van der Waals surface area contributed by atoms with Crippen LogP contribution in [0.2, 0.25) is 0 Å². The Balaban J connectivity index is 1.94. The number of carbonyl (C=O) groups excluding carboxylic acids is 1. The first kappa shape index (κ1) is 8.77. The molecule has 0 radical (unpaired) electrons. The van der Waals surface area contributed by atoms with E-state index < -0.39 is 0 Å². The van der Waals surface area contributed by atoms with Gasteiger partial charge in [-0.3, -0.25) is 0 Å². The number of hydrogen-bond donors (Lipinski definition) is 2. The van der Waals surface area contributed by atoms with Crippen LogP contribution in [-0.4, -0.2) is 56.4 Å². The number of ether oxygens (including phenoxy) is 1. The predicted octanol–water partition coefficient (Wildman–Crippen LogP) is -1.00.